The molecule has 21 heavy (non-hydrogen) atoms. The van der Waals surface area contributed by atoms with Crippen LogP contribution in [0, 0.1) is 5.92 Å². The van der Waals surface area contributed by atoms with E-state index in [4.69, 9.17) is 0 Å². The van der Waals surface area contributed by atoms with E-state index in [1.807, 2.05) is 6.07 Å². The summed E-state index contributed by atoms with van der Waals surface area (Å²) in [5, 5.41) is 10.4. The maximum absolute atomic E-state index is 11.2. The number of aliphatic carboxylic acids is 1. The molecule has 1 aliphatic rings. The number of carbonyl (C=O) groups is 1. The molecule has 1 N–H and O–H groups in total. The summed E-state index contributed by atoms with van der Waals surface area (Å²) in [6, 6.07) is 9.00. The first-order valence-electron chi connectivity index (χ1n) is 7.98. The van der Waals surface area contributed by atoms with Crippen molar-refractivity contribution < 1.29 is 9.90 Å². The molecule has 3 heteroatoms. The van der Waals surface area contributed by atoms with E-state index in [1.54, 1.807) is 6.92 Å². The van der Waals surface area contributed by atoms with Crippen LogP contribution in [0.15, 0.2) is 30.5 Å². The molecule has 0 amide bonds. The van der Waals surface area contributed by atoms with Gasteiger partial charge in [0.15, 0.2) is 0 Å². The molecule has 1 aliphatic carbocycles. The lowest BCUT2D eigenvalue weighted by atomic mass is 9.94. The van der Waals surface area contributed by atoms with Gasteiger partial charge in [-0.25, -0.2) is 0 Å². The van der Waals surface area contributed by atoms with Gasteiger partial charge in [-0.15, -0.1) is 0 Å². The number of para-hydroxylation sites is 1. The number of aromatic nitrogens is 1. The summed E-state index contributed by atoms with van der Waals surface area (Å²) in [7, 11) is 0. The maximum Gasteiger partial charge on any atom is 0.306 e. The van der Waals surface area contributed by atoms with Gasteiger partial charge in [0.25, 0.3) is 0 Å². The van der Waals surface area contributed by atoms with Gasteiger partial charge >= 0.3 is 5.97 Å². The second kappa shape index (κ2) is 5.92. The van der Waals surface area contributed by atoms with Crippen LogP contribution in [0.25, 0.3) is 10.9 Å². The first kappa shape index (κ1) is 14.2. The van der Waals surface area contributed by atoms with Crippen molar-refractivity contribution in [2.75, 3.05) is 0 Å². The minimum Gasteiger partial charge on any atom is -0.481 e. The molecule has 112 valence electrons. The number of hydrogen-bond donors (Lipinski definition) is 1. The van der Waals surface area contributed by atoms with Crippen molar-refractivity contribution in [3.05, 3.63) is 36.0 Å². The summed E-state index contributed by atoms with van der Waals surface area (Å²) >= 11 is 0. The van der Waals surface area contributed by atoms with Gasteiger partial charge in [-0.05, 0) is 36.3 Å². The van der Waals surface area contributed by atoms with Crippen LogP contribution in [0.2, 0.25) is 0 Å². The Balaban J connectivity index is 1.99. The molecule has 0 saturated heterocycles. The Hall–Kier alpha value is -1.77. The first-order chi connectivity index (χ1) is 10.2. The molecule has 0 aliphatic heterocycles. The van der Waals surface area contributed by atoms with Crippen molar-refractivity contribution in [2.24, 2.45) is 5.92 Å². The number of fused-ring (bicyclic) bond motifs is 1. The zero-order valence-corrected chi connectivity index (χ0v) is 12.6. The van der Waals surface area contributed by atoms with Crippen molar-refractivity contribution in [1.82, 2.24) is 4.57 Å². The molecular formula is C18H23NO2. The Labute approximate surface area is 125 Å². The van der Waals surface area contributed by atoms with E-state index >= 15 is 0 Å². The van der Waals surface area contributed by atoms with Gasteiger partial charge in [0, 0.05) is 12.2 Å². The number of nitrogens with zero attached hydrogens (tertiary/aromatic N) is 1. The third kappa shape index (κ3) is 2.82. The Morgan fingerprint density at radius 3 is 2.76 bits per heavy atom. The molecule has 0 bridgehead atoms. The highest BCUT2D eigenvalue weighted by atomic mass is 16.4. The van der Waals surface area contributed by atoms with E-state index in [0.717, 1.165) is 5.56 Å². The molecule has 3 nitrogen and oxygen atoms in total. The quantitative estimate of drug-likeness (QED) is 0.904. The highest BCUT2D eigenvalue weighted by Crippen LogP contribution is 2.33. The zero-order valence-electron chi connectivity index (χ0n) is 12.6. The summed E-state index contributed by atoms with van der Waals surface area (Å²) in [4.78, 5) is 11.2. The Morgan fingerprint density at radius 1 is 1.29 bits per heavy atom. The van der Waals surface area contributed by atoms with Crippen molar-refractivity contribution in [1.29, 1.82) is 0 Å². The second-order valence-corrected chi connectivity index (χ2v) is 6.31. The first-order valence-corrected chi connectivity index (χ1v) is 7.98. The summed E-state index contributed by atoms with van der Waals surface area (Å²) in [6.45, 7) is 1.79. The molecule has 1 saturated carbocycles. The smallest absolute Gasteiger partial charge is 0.306 e. The minimum atomic E-state index is -0.720. The van der Waals surface area contributed by atoms with Gasteiger partial charge < -0.3 is 9.67 Å². The van der Waals surface area contributed by atoms with E-state index in [9.17, 15) is 9.90 Å². The van der Waals surface area contributed by atoms with Gasteiger partial charge in [0.2, 0.25) is 0 Å². The molecule has 1 aromatic carbocycles. The topological polar surface area (TPSA) is 42.2 Å². The van der Waals surface area contributed by atoms with Crippen molar-refractivity contribution >= 4 is 16.9 Å². The predicted octanol–water partition coefficient (Wildman–Crippen LogP) is 4.41. The summed E-state index contributed by atoms with van der Waals surface area (Å²) < 4.78 is 2.40. The molecule has 1 fully saturated rings. The Morgan fingerprint density at radius 2 is 2.05 bits per heavy atom. The Bertz CT molecular complexity index is 638. The number of carboxylic acids is 1. The summed E-state index contributed by atoms with van der Waals surface area (Å²) in [5.74, 6) is -1.06. The minimum absolute atomic E-state index is 0.342. The molecular weight excluding hydrogens is 262 g/mol. The van der Waals surface area contributed by atoms with Crippen LogP contribution < -0.4 is 0 Å². The third-order valence-corrected chi connectivity index (χ3v) is 4.74. The lowest BCUT2D eigenvalue weighted by Crippen LogP contribution is -2.15. The normalized spacial score (nSPS) is 18.0. The van der Waals surface area contributed by atoms with Crippen LogP contribution in [0.4, 0.5) is 0 Å². The molecule has 1 aromatic heterocycles. The van der Waals surface area contributed by atoms with E-state index in [-0.39, 0.29) is 5.92 Å². The van der Waals surface area contributed by atoms with Crippen LogP contribution >= 0.6 is 0 Å². The van der Waals surface area contributed by atoms with Crippen LogP contribution in [0.1, 0.15) is 50.6 Å². The average Bonchev–Trinajstić information content (AvgIpc) is 2.93. The molecule has 3 rings (SSSR count). The molecule has 1 heterocycles. The highest BCUT2D eigenvalue weighted by molar-refractivity contribution is 5.84. The highest BCUT2D eigenvalue weighted by Gasteiger charge is 2.20. The van der Waals surface area contributed by atoms with Crippen LogP contribution in [-0.4, -0.2) is 15.6 Å². The number of carboxylic acid groups (broad SMARTS) is 1. The van der Waals surface area contributed by atoms with Crippen LogP contribution in [-0.2, 0) is 11.2 Å². The van der Waals surface area contributed by atoms with Gasteiger partial charge in [-0.1, -0.05) is 44.4 Å². The fraction of sp³-hybridized carbons (Fsp3) is 0.500. The van der Waals surface area contributed by atoms with Crippen LogP contribution in [0.5, 0.6) is 0 Å². The molecule has 1 unspecified atom stereocenters. The van der Waals surface area contributed by atoms with E-state index in [1.165, 1.54) is 43.0 Å². The van der Waals surface area contributed by atoms with Gasteiger partial charge in [-0.2, -0.15) is 0 Å². The van der Waals surface area contributed by atoms with E-state index in [0.29, 0.717) is 12.5 Å². The number of hydrogen-bond acceptors (Lipinski definition) is 1. The van der Waals surface area contributed by atoms with E-state index < -0.39 is 5.97 Å². The monoisotopic (exact) mass is 285 g/mol. The fourth-order valence-corrected chi connectivity index (χ4v) is 3.54. The molecule has 0 spiro atoms. The third-order valence-electron chi connectivity index (χ3n) is 4.74. The Kier molecular flexibility index (Phi) is 4.00. The summed E-state index contributed by atoms with van der Waals surface area (Å²) in [6.07, 6.45) is 9.23. The maximum atomic E-state index is 11.2. The number of benzene rings is 1. The SMILES string of the molecule is CC(Cc1cccc2ccn(C3CCCCC3)c12)C(=O)O. The largest absolute Gasteiger partial charge is 0.481 e. The molecule has 1 atom stereocenters. The standard InChI is InChI=1S/C18H23NO2/c1-13(18(20)21)12-15-7-5-6-14-10-11-19(17(14)15)16-8-3-2-4-9-16/h5-7,10-11,13,16H,2-4,8-9,12H2,1H3,(H,20,21). The average molecular weight is 285 g/mol. The fourth-order valence-electron chi connectivity index (χ4n) is 3.54. The molecule has 2 aromatic rings. The number of rotatable bonds is 4. The van der Waals surface area contributed by atoms with Gasteiger partial charge in [0.05, 0.1) is 11.4 Å². The molecule has 0 radical (unpaired) electrons. The van der Waals surface area contributed by atoms with Crippen molar-refractivity contribution in [3.8, 4) is 0 Å². The van der Waals surface area contributed by atoms with Gasteiger partial charge in [0.1, 0.15) is 0 Å². The summed E-state index contributed by atoms with van der Waals surface area (Å²) in [5.41, 5.74) is 2.41. The van der Waals surface area contributed by atoms with Gasteiger partial charge in [-0.3, -0.25) is 4.79 Å². The van der Waals surface area contributed by atoms with Crippen LogP contribution in [0.3, 0.4) is 0 Å². The lowest BCUT2D eigenvalue weighted by molar-refractivity contribution is -0.141. The lowest BCUT2D eigenvalue weighted by Gasteiger charge is -2.25. The zero-order chi connectivity index (χ0) is 14.8. The van der Waals surface area contributed by atoms with E-state index in [2.05, 4.69) is 29.0 Å². The van der Waals surface area contributed by atoms with Crippen molar-refractivity contribution in [2.45, 2.75) is 51.5 Å². The van der Waals surface area contributed by atoms with Crippen molar-refractivity contribution in [3.63, 3.8) is 0 Å². The predicted molar refractivity (Wildman–Crippen MR) is 84.6 cm³/mol. The second-order valence-electron chi connectivity index (χ2n) is 6.31.